The van der Waals surface area contributed by atoms with E-state index in [9.17, 15) is 0 Å². The third-order valence-electron chi connectivity index (χ3n) is 9.04. The average molecular weight is 748 g/mol. The van der Waals surface area contributed by atoms with Gasteiger partial charge in [-0.3, -0.25) is 0 Å². The first kappa shape index (κ1) is 33.7. The summed E-state index contributed by atoms with van der Waals surface area (Å²) in [6, 6.07) is 43.6. The molecule has 1 atom stereocenters. The maximum atomic E-state index is 6.40. The summed E-state index contributed by atoms with van der Waals surface area (Å²) >= 11 is 8.90. The number of allylic oxidation sites excluding steroid dienone is 4. The molecule has 0 fully saturated rings. The fourth-order valence-corrected chi connectivity index (χ4v) is 20.1. The Kier molecular flexibility index (Phi) is 10.5. The van der Waals surface area contributed by atoms with Crippen LogP contribution >= 0.6 is 48.0 Å². The molecule has 0 aromatic heterocycles. The molecule has 5 heteroatoms. The van der Waals surface area contributed by atoms with Gasteiger partial charge in [-0.1, -0.05) is 0 Å². The number of hydrogen-bond donors (Lipinski definition) is 0. The van der Waals surface area contributed by atoms with Gasteiger partial charge in [0.25, 0.3) is 0 Å². The monoisotopic (exact) mass is 744 g/mol. The number of rotatable bonds is 5. The van der Waals surface area contributed by atoms with Crippen molar-refractivity contribution in [2.75, 3.05) is 0 Å². The first-order chi connectivity index (χ1) is 20.9. The summed E-state index contributed by atoms with van der Waals surface area (Å²) in [4.78, 5) is 0. The summed E-state index contributed by atoms with van der Waals surface area (Å²) < 4.78 is 8.45. The van der Waals surface area contributed by atoms with Gasteiger partial charge in [-0.2, -0.15) is 0 Å². The van der Waals surface area contributed by atoms with Gasteiger partial charge in [0.1, 0.15) is 0 Å². The molecule has 5 aromatic carbocycles. The summed E-state index contributed by atoms with van der Waals surface area (Å²) in [5, 5.41) is 1.52. The van der Waals surface area contributed by atoms with E-state index in [1.54, 1.807) is 3.28 Å². The van der Waals surface area contributed by atoms with Gasteiger partial charge in [-0.25, -0.2) is 0 Å². The van der Waals surface area contributed by atoms with E-state index in [1.165, 1.54) is 53.4 Å². The molecule has 1 unspecified atom stereocenters. The maximum Gasteiger partial charge on any atom is -0.147 e. The zero-order valence-corrected chi connectivity index (χ0v) is 30.7. The van der Waals surface area contributed by atoms with Crippen LogP contribution in [0.4, 0.5) is 0 Å². The predicted molar refractivity (Wildman–Crippen MR) is 198 cm³/mol. The van der Waals surface area contributed by atoms with Crippen LogP contribution < -0.4 is 3.27 Å². The molecule has 0 radical (unpaired) electrons. The molecule has 0 N–H and O–H groups in total. The Bertz CT molecular complexity index is 1990. The predicted octanol–water partition coefficient (Wildman–Crippen LogP) is 10.9. The molecule has 7 rings (SSSR count). The Balaban J connectivity index is 0.00000200. The molecule has 0 aliphatic heterocycles. The second kappa shape index (κ2) is 14.0. The van der Waals surface area contributed by atoms with Gasteiger partial charge in [0.2, 0.25) is 0 Å². The fourth-order valence-electron chi connectivity index (χ4n) is 7.25. The molecule has 0 amide bonds. The topological polar surface area (TPSA) is 0 Å². The van der Waals surface area contributed by atoms with Gasteiger partial charge in [0.15, 0.2) is 0 Å². The molecule has 0 heterocycles. The van der Waals surface area contributed by atoms with E-state index in [0.717, 1.165) is 16.5 Å². The first-order valence-electron chi connectivity index (χ1n) is 14.9. The van der Waals surface area contributed by atoms with Crippen LogP contribution in [0.3, 0.4) is 0 Å². The zero-order chi connectivity index (χ0) is 29.6. The van der Waals surface area contributed by atoms with Gasteiger partial charge in [-0.05, 0) is 0 Å². The molecule has 45 heavy (non-hydrogen) atoms. The summed E-state index contributed by atoms with van der Waals surface area (Å²) in [6.07, 6.45) is 3.46. The second-order valence-electron chi connectivity index (χ2n) is 11.7. The van der Waals surface area contributed by atoms with Crippen molar-refractivity contribution in [2.45, 2.75) is 20.3 Å². The normalized spacial score (nSPS) is 14.6. The van der Waals surface area contributed by atoms with E-state index in [1.807, 2.05) is 24.3 Å². The van der Waals surface area contributed by atoms with Crippen molar-refractivity contribution in [3.63, 3.8) is 0 Å². The largest absolute Gasteiger partial charge is 0.147 e. The number of halogens is 4. The molecule has 0 spiro atoms. The van der Waals surface area contributed by atoms with Gasteiger partial charge >= 0.3 is 270 Å². The Morgan fingerprint density at radius 2 is 1.20 bits per heavy atom. The van der Waals surface area contributed by atoms with Crippen molar-refractivity contribution in [2.24, 2.45) is 5.92 Å². The standard InChI is InChI=1S/C13H9.C13H13.2C7H5Cl.2ClH.Zr/c1-3-7-12-10(5-1)9-11-6-2-4-8-13(11)12;1-10-8-11(2)13(9-10)12-6-4-3-5-7-12;2*1-6-2-4-7(8)5-3-6;;;/h1-5,7-8H,9H2;3-7,9-10H,1-2H3;2*1-5H;2*1H;. The van der Waals surface area contributed by atoms with Gasteiger partial charge in [-0.15, -0.1) is 24.8 Å². The summed E-state index contributed by atoms with van der Waals surface area (Å²) in [7, 11) is 0. The van der Waals surface area contributed by atoms with E-state index in [4.69, 9.17) is 23.2 Å². The van der Waals surface area contributed by atoms with Crippen LogP contribution in [0.25, 0.3) is 16.7 Å². The third-order valence-corrected chi connectivity index (χ3v) is 21.0. The minimum Gasteiger partial charge on any atom is -0.147 e. The molecule has 226 valence electrons. The number of benzene rings is 5. The van der Waals surface area contributed by atoms with Crippen molar-refractivity contribution >= 4 is 64.3 Å². The average Bonchev–Trinajstić information content (AvgIpc) is 3.56. The minimum atomic E-state index is -3.89. The van der Waals surface area contributed by atoms with Gasteiger partial charge in [0.05, 0.1) is 0 Å². The van der Waals surface area contributed by atoms with Crippen LogP contribution in [-0.4, -0.2) is 7.42 Å². The van der Waals surface area contributed by atoms with E-state index in [2.05, 4.69) is 124 Å². The Labute approximate surface area is 292 Å². The molecule has 2 aliphatic carbocycles. The Hall–Kier alpha value is -2.64. The quantitative estimate of drug-likeness (QED) is 0.165. The van der Waals surface area contributed by atoms with E-state index < -0.39 is 19.3 Å². The Morgan fingerprint density at radius 1 is 0.644 bits per heavy atom. The number of fused-ring (bicyclic) bond motifs is 3. The minimum absolute atomic E-state index is 0. The van der Waals surface area contributed by atoms with Crippen molar-refractivity contribution in [3.05, 3.63) is 174 Å². The van der Waals surface area contributed by atoms with Crippen LogP contribution in [0.1, 0.15) is 41.7 Å². The second-order valence-corrected chi connectivity index (χ2v) is 20.9. The number of hydrogen-bond acceptors (Lipinski definition) is 0. The summed E-state index contributed by atoms with van der Waals surface area (Å²) in [5.41, 5.74) is 12.1. The maximum absolute atomic E-state index is 6.40. The van der Waals surface area contributed by atoms with Crippen molar-refractivity contribution in [1.29, 1.82) is 0 Å². The molecular weight excluding hydrogens is 713 g/mol. The molecule has 0 nitrogen and oxygen atoms in total. The third kappa shape index (κ3) is 6.36. The van der Waals surface area contributed by atoms with Crippen LogP contribution in [0.15, 0.2) is 136 Å². The van der Waals surface area contributed by atoms with Crippen LogP contribution in [0.5, 0.6) is 0 Å². The zero-order valence-electron chi connectivity index (χ0n) is 25.1. The summed E-state index contributed by atoms with van der Waals surface area (Å²) in [5.74, 6) is 0.303. The SMILES string of the molecule is CC1=[C]([Zr](=[CH]c2ccc(Cl)cc2)(=[CH]c2ccc(Cl)cc2)[c]2cccc3c2Cc2ccccc2-3)C(C)C=C1c1ccccc1.Cl.Cl. The van der Waals surface area contributed by atoms with Gasteiger partial charge < -0.3 is 0 Å². The van der Waals surface area contributed by atoms with Crippen LogP contribution in [0.2, 0.25) is 10.0 Å². The Morgan fingerprint density at radius 3 is 1.82 bits per heavy atom. The first-order valence-corrected chi connectivity index (χ1v) is 20.9. The molecule has 0 bridgehead atoms. The van der Waals surface area contributed by atoms with Crippen LogP contribution in [0, 0.1) is 5.92 Å². The molecule has 0 saturated heterocycles. The van der Waals surface area contributed by atoms with E-state index in [-0.39, 0.29) is 24.8 Å². The summed E-state index contributed by atoms with van der Waals surface area (Å²) in [6.45, 7) is 4.75. The van der Waals surface area contributed by atoms with Crippen molar-refractivity contribution < 1.29 is 19.3 Å². The molecule has 2 aliphatic rings. The van der Waals surface area contributed by atoms with Gasteiger partial charge in [0, 0.05) is 0 Å². The van der Waals surface area contributed by atoms with E-state index in [0.29, 0.717) is 5.92 Å². The molecular formula is C40H34Cl4Zr. The van der Waals surface area contributed by atoms with Crippen molar-refractivity contribution in [1.82, 2.24) is 0 Å². The van der Waals surface area contributed by atoms with Crippen molar-refractivity contribution in [3.8, 4) is 11.1 Å². The van der Waals surface area contributed by atoms with E-state index >= 15 is 0 Å². The van der Waals surface area contributed by atoms with Crippen LogP contribution in [-0.2, 0) is 25.7 Å². The molecule has 0 saturated carbocycles. The smallest absolute Gasteiger partial charge is 0.147 e. The molecule has 5 aromatic rings. The fraction of sp³-hybridized carbons (Fsp3) is 0.100.